The van der Waals surface area contributed by atoms with Crippen molar-refractivity contribution in [2.45, 2.75) is 37.1 Å². The van der Waals surface area contributed by atoms with Crippen molar-refractivity contribution in [3.63, 3.8) is 0 Å². The summed E-state index contributed by atoms with van der Waals surface area (Å²) in [6.45, 7) is 0.882. The summed E-state index contributed by atoms with van der Waals surface area (Å²) in [4.78, 5) is 0. The van der Waals surface area contributed by atoms with E-state index < -0.39 is 30.2 Å². The highest BCUT2D eigenvalue weighted by Gasteiger charge is 2.51. The van der Waals surface area contributed by atoms with Crippen LogP contribution in [0.3, 0.4) is 0 Å². The monoisotopic (exact) mass is 194 g/mol. The average molecular weight is 194 g/mol. The molecule has 0 spiro atoms. The summed E-state index contributed by atoms with van der Waals surface area (Å²) in [5.41, 5.74) is 0. The van der Waals surface area contributed by atoms with Gasteiger partial charge in [-0.3, -0.25) is 0 Å². The topological polar surface area (TPSA) is 110 Å². The first-order valence-corrected chi connectivity index (χ1v) is 3.98. The van der Waals surface area contributed by atoms with E-state index in [-0.39, 0.29) is 6.61 Å². The molecule has 1 aliphatic heterocycles. The minimum atomic E-state index is -2.21. The Bertz CT molecular complexity index is 184. The van der Waals surface area contributed by atoms with Gasteiger partial charge in [0.1, 0.15) is 24.4 Å². The van der Waals surface area contributed by atoms with Crippen LogP contribution in [0.15, 0.2) is 0 Å². The van der Waals surface area contributed by atoms with Crippen molar-refractivity contribution >= 4 is 0 Å². The van der Waals surface area contributed by atoms with Crippen molar-refractivity contribution in [1.29, 1.82) is 0 Å². The Kier molecular flexibility index (Phi) is 2.91. The Morgan fingerprint density at radius 1 is 1.38 bits per heavy atom. The summed E-state index contributed by atoms with van der Waals surface area (Å²) in [5.74, 6) is -2.21. The second-order valence-corrected chi connectivity index (χ2v) is 3.24. The number of aliphatic hydroxyl groups excluding tert-OH is 4. The molecule has 0 amide bonds. The molecule has 0 aliphatic carbocycles. The first kappa shape index (κ1) is 10.8. The molecule has 0 bridgehead atoms. The van der Waals surface area contributed by atoms with Crippen molar-refractivity contribution in [1.82, 2.24) is 0 Å². The van der Waals surface area contributed by atoms with Crippen LogP contribution < -0.4 is 0 Å². The molecule has 1 fully saturated rings. The average Bonchev–Trinajstić information content (AvgIpc) is 2.08. The quantitative estimate of drug-likeness (QED) is 0.308. The molecule has 1 saturated heterocycles. The van der Waals surface area contributed by atoms with Crippen LogP contribution in [0.4, 0.5) is 0 Å². The minimum absolute atomic E-state index is 0.334. The molecule has 6 nitrogen and oxygen atoms in total. The Morgan fingerprint density at radius 2 is 1.92 bits per heavy atom. The molecule has 1 rings (SSSR count). The first-order chi connectivity index (χ1) is 5.89. The number of rotatable bonds is 1. The lowest BCUT2D eigenvalue weighted by molar-refractivity contribution is -0.348. The van der Waals surface area contributed by atoms with Crippen molar-refractivity contribution in [2.75, 3.05) is 6.61 Å². The lowest BCUT2D eigenvalue weighted by atomic mass is 9.93. The maximum atomic E-state index is 9.51. The maximum Gasteiger partial charge on any atom is 0.221 e. The van der Waals surface area contributed by atoms with E-state index >= 15 is 0 Å². The molecule has 5 atom stereocenters. The Balaban J connectivity index is 2.79. The molecule has 0 aromatic heterocycles. The van der Waals surface area contributed by atoms with E-state index in [0.29, 0.717) is 0 Å². The van der Waals surface area contributed by atoms with E-state index in [2.05, 4.69) is 4.74 Å². The van der Waals surface area contributed by atoms with Gasteiger partial charge in [0.15, 0.2) is 0 Å². The number of hydrogen-bond donors (Lipinski definition) is 5. The van der Waals surface area contributed by atoms with Gasteiger partial charge in [-0.1, -0.05) is 0 Å². The van der Waals surface area contributed by atoms with E-state index in [0.717, 1.165) is 0 Å². The fourth-order valence-corrected chi connectivity index (χ4v) is 1.23. The van der Waals surface area contributed by atoms with E-state index in [1.165, 1.54) is 6.92 Å². The molecule has 13 heavy (non-hydrogen) atoms. The summed E-state index contributed by atoms with van der Waals surface area (Å²) in [6, 6.07) is 0. The SMILES string of the molecule is CC(O)C1(O)OC[C@@H](O)[C@H](O)[C@H]1O. The molecule has 2 unspecified atom stereocenters. The normalized spacial score (nSPS) is 48.9. The van der Waals surface area contributed by atoms with Crippen LogP contribution >= 0.6 is 0 Å². The Morgan fingerprint density at radius 3 is 2.38 bits per heavy atom. The second kappa shape index (κ2) is 3.49. The third-order valence-corrected chi connectivity index (χ3v) is 2.23. The highest BCUT2D eigenvalue weighted by atomic mass is 16.7. The summed E-state index contributed by atoms with van der Waals surface area (Å²) >= 11 is 0. The molecule has 0 saturated carbocycles. The zero-order valence-corrected chi connectivity index (χ0v) is 7.16. The van der Waals surface area contributed by atoms with Gasteiger partial charge in [-0.25, -0.2) is 0 Å². The zero-order valence-electron chi connectivity index (χ0n) is 7.16. The van der Waals surface area contributed by atoms with Gasteiger partial charge >= 0.3 is 0 Å². The first-order valence-electron chi connectivity index (χ1n) is 3.98. The maximum absolute atomic E-state index is 9.51. The van der Waals surface area contributed by atoms with Crippen LogP contribution in [-0.2, 0) is 4.74 Å². The molecular formula is C7H14O6. The van der Waals surface area contributed by atoms with Gasteiger partial charge < -0.3 is 30.3 Å². The van der Waals surface area contributed by atoms with Crippen LogP contribution in [0.5, 0.6) is 0 Å². The number of hydrogen-bond acceptors (Lipinski definition) is 6. The van der Waals surface area contributed by atoms with Crippen LogP contribution in [0, 0.1) is 0 Å². The Hall–Kier alpha value is -0.240. The molecule has 1 heterocycles. The number of aliphatic hydroxyl groups is 5. The van der Waals surface area contributed by atoms with E-state index in [1.54, 1.807) is 0 Å². The summed E-state index contributed by atoms with van der Waals surface area (Å²) < 4.78 is 4.67. The van der Waals surface area contributed by atoms with Gasteiger partial charge in [-0.05, 0) is 6.92 Å². The van der Waals surface area contributed by atoms with Crippen LogP contribution in [0.1, 0.15) is 6.92 Å². The molecule has 5 N–H and O–H groups in total. The lowest BCUT2D eigenvalue weighted by Gasteiger charge is -2.43. The third kappa shape index (κ3) is 1.69. The number of ether oxygens (including phenoxy) is 1. The molecule has 0 aromatic carbocycles. The van der Waals surface area contributed by atoms with E-state index in [9.17, 15) is 15.3 Å². The van der Waals surface area contributed by atoms with Gasteiger partial charge in [0.25, 0.3) is 0 Å². The van der Waals surface area contributed by atoms with Crippen molar-refractivity contribution in [3.05, 3.63) is 0 Å². The highest BCUT2D eigenvalue weighted by molar-refractivity contribution is 4.94. The highest BCUT2D eigenvalue weighted by Crippen LogP contribution is 2.26. The largest absolute Gasteiger partial charge is 0.388 e. The molecular weight excluding hydrogens is 180 g/mol. The van der Waals surface area contributed by atoms with Crippen molar-refractivity contribution < 1.29 is 30.3 Å². The zero-order chi connectivity index (χ0) is 10.2. The van der Waals surface area contributed by atoms with Crippen LogP contribution in [0.2, 0.25) is 0 Å². The smallest absolute Gasteiger partial charge is 0.221 e. The molecule has 78 valence electrons. The fourth-order valence-electron chi connectivity index (χ4n) is 1.23. The van der Waals surface area contributed by atoms with E-state index in [4.69, 9.17) is 10.2 Å². The van der Waals surface area contributed by atoms with Gasteiger partial charge in [0.2, 0.25) is 5.79 Å². The second-order valence-electron chi connectivity index (χ2n) is 3.24. The van der Waals surface area contributed by atoms with Gasteiger partial charge in [0.05, 0.1) is 6.61 Å². The van der Waals surface area contributed by atoms with Crippen LogP contribution in [-0.4, -0.2) is 62.3 Å². The van der Waals surface area contributed by atoms with Crippen LogP contribution in [0.25, 0.3) is 0 Å². The molecule has 6 heteroatoms. The lowest BCUT2D eigenvalue weighted by Crippen LogP contribution is -2.65. The summed E-state index contributed by atoms with van der Waals surface area (Å²) in [7, 11) is 0. The van der Waals surface area contributed by atoms with Crippen molar-refractivity contribution in [3.8, 4) is 0 Å². The predicted molar refractivity (Wildman–Crippen MR) is 40.6 cm³/mol. The minimum Gasteiger partial charge on any atom is -0.388 e. The van der Waals surface area contributed by atoms with E-state index in [1.807, 2.05) is 0 Å². The summed E-state index contributed by atoms with van der Waals surface area (Å²) in [5, 5.41) is 46.1. The molecule has 0 radical (unpaired) electrons. The standard InChI is InChI=1S/C7H14O6/c1-3(8)7(12)6(11)5(10)4(9)2-13-7/h3-6,8-12H,2H2,1H3/t3?,4-,5+,6-,7?/m1/s1. The predicted octanol–water partition coefficient (Wildman–Crippen LogP) is -2.83. The molecule has 0 aromatic rings. The van der Waals surface area contributed by atoms with Gasteiger partial charge in [0, 0.05) is 0 Å². The van der Waals surface area contributed by atoms with Crippen molar-refractivity contribution in [2.24, 2.45) is 0 Å². The summed E-state index contributed by atoms with van der Waals surface area (Å²) in [6.07, 6.45) is -5.86. The third-order valence-electron chi connectivity index (χ3n) is 2.23. The molecule has 1 aliphatic rings. The van der Waals surface area contributed by atoms with Gasteiger partial charge in [-0.2, -0.15) is 0 Å². The Labute approximate surface area is 75.0 Å². The fraction of sp³-hybridized carbons (Fsp3) is 1.00. The van der Waals surface area contributed by atoms with Gasteiger partial charge in [-0.15, -0.1) is 0 Å².